The highest BCUT2D eigenvalue weighted by molar-refractivity contribution is 6.34. The monoisotopic (exact) mass is 443 g/mol. The van der Waals surface area contributed by atoms with Crippen molar-refractivity contribution < 1.29 is 9.90 Å². The van der Waals surface area contributed by atoms with Crippen LogP contribution in [0.5, 0.6) is 0 Å². The molecule has 1 fully saturated rings. The standard InChI is InChI=1S/C22H35Cl2N3O2/c1-15(28)26-20(22(2,3)4)14-27-7-5-16(6-8-27)11-21(29)25-13-17-9-18(23)12-19(24)10-17/h9-10,12,16,20-21,25,29H,5-8,11,13-14H2,1-4H3,(H,26,28). The quantitative estimate of drug-likeness (QED) is 0.530. The minimum absolute atomic E-state index is 0.0197. The summed E-state index contributed by atoms with van der Waals surface area (Å²) in [5, 5.41) is 17.8. The smallest absolute Gasteiger partial charge is 0.217 e. The normalized spacial score (nSPS) is 18.4. The SMILES string of the molecule is CC(=O)NC(CN1CCC(CC(O)NCc2cc(Cl)cc(Cl)c2)CC1)C(C)(C)C. The van der Waals surface area contributed by atoms with Gasteiger partial charge in [0.15, 0.2) is 0 Å². The zero-order valence-corrected chi connectivity index (χ0v) is 19.5. The molecule has 2 rings (SSSR count). The van der Waals surface area contributed by atoms with Gasteiger partial charge in [0.05, 0.1) is 0 Å². The van der Waals surface area contributed by atoms with Gasteiger partial charge in [-0.05, 0) is 67.4 Å². The molecule has 1 aliphatic rings. The molecule has 2 atom stereocenters. The van der Waals surface area contributed by atoms with Crippen LogP contribution in [0.2, 0.25) is 10.0 Å². The summed E-state index contributed by atoms with van der Waals surface area (Å²) in [6.07, 6.45) is 2.29. The van der Waals surface area contributed by atoms with E-state index in [-0.39, 0.29) is 17.4 Å². The lowest BCUT2D eigenvalue weighted by molar-refractivity contribution is -0.120. The number of carbonyl (C=O) groups excluding carboxylic acids is 1. The molecule has 0 aromatic heterocycles. The molecule has 0 saturated carbocycles. The van der Waals surface area contributed by atoms with Gasteiger partial charge < -0.3 is 15.3 Å². The maximum Gasteiger partial charge on any atom is 0.217 e. The van der Waals surface area contributed by atoms with Gasteiger partial charge in [0.1, 0.15) is 6.23 Å². The highest BCUT2D eigenvalue weighted by atomic mass is 35.5. The first-order valence-corrected chi connectivity index (χ1v) is 11.1. The first-order chi connectivity index (χ1) is 13.5. The molecule has 3 N–H and O–H groups in total. The van der Waals surface area contributed by atoms with Crippen LogP contribution in [0.15, 0.2) is 18.2 Å². The number of hydrogen-bond acceptors (Lipinski definition) is 4. The third-order valence-electron chi connectivity index (χ3n) is 5.59. The number of piperidine rings is 1. The molecule has 1 saturated heterocycles. The van der Waals surface area contributed by atoms with Crippen LogP contribution >= 0.6 is 23.2 Å². The number of nitrogens with one attached hydrogen (secondary N) is 2. The molecule has 1 amide bonds. The van der Waals surface area contributed by atoms with Crippen LogP contribution in [0.3, 0.4) is 0 Å². The van der Waals surface area contributed by atoms with E-state index in [0.29, 0.717) is 22.5 Å². The van der Waals surface area contributed by atoms with E-state index in [1.807, 2.05) is 12.1 Å². The van der Waals surface area contributed by atoms with Crippen molar-refractivity contribution in [3.8, 4) is 0 Å². The molecule has 5 nitrogen and oxygen atoms in total. The van der Waals surface area contributed by atoms with Gasteiger partial charge in [0, 0.05) is 36.1 Å². The number of nitrogens with zero attached hydrogens (tertiary/aromatic N) is 1. The lowest BCUT2D eigenvalue weighted by Crippen LogP contribution is -2.51. The average molecular weight is 444 g/mol. The third kappa shape index (κ3) is 8.81. The van der Waals surface area contributed by atoms with E-state index < -0.39 is 6.23 Å². The van der Waals surface area contributed by atoms with Crippen LogP contribution in [-0.4, -0.2) is 47.8 Å². The van der Waals surface area contributed by atoms with Crippen molar-refractivity contribution in [1.29, 1.82) is 0 Å². The van der Waals surface area contributed by atoms with Crippen LogP contribution in [0, 0.1) is 11.3 Å². The number of aliphatic hydroxyl groups excluding tert-OH is 1. The number of hydrogen-bond donors (Lipinski definition) is 3. The molecule has 0 bridgehead atoms. The second kappa shape index (κ2) is 11.0. The molecule has 0 radical (unpaired) electrons. The highest BCUT2D eigenvalue weighted by Crippen LogP contribution is 2.25. The van der Waals surface area contributed by atoms with E-state index in [2.05, 4.69) is 36.3 Å². The summed E-state index contributed by atoms with van der Waals surface area (Å²) in [5.74, 6) is 0.514. The van der Waals surface area contributed by atoms with Crippen molar-refractivity contribution in [2.45, 2.75) is 65.8 Å². The summed E-state index contributed by atoms with van der Waals surface area (Å²) in [7, 11) is 0. The summed E-state index contributed by atoms with van der Waals surface area (Å²) >= 11 is 12.0. The second-order valence-electron chi connectivity index (χ2n) is 9.27. The average Bonchev–Trinajstić information content (AvgIpc) is 2.59. The molecule has 1 aromatic carbocycles. The fourth-order valence-electron chi connectivity index (χ4n) is 3.79. The zero-order chi connectivity index (χ0) is 21.6. The highest BCUT2D eigenvalue weighted by Gasteiger charge is 2.29. The Morgan fingerprint density at radius 2 is 1.79 bits per heavy atom. The summed E-state index contributed by atoms with van der Waals surface area (Å²) in [6.45, 7) is 11.5. The van der Waals surface area contributed by atoms with Gasteiger partial charge >= 0.3 is 0 Å². The number of halogens is 2. The molecule has 164 valence electrons. The van der Waals surface area contributed by atoms with Crippen LogP contribution in [0.4, 0.5) is 0 Å². The molecule has 29 heavy (non-hydrogen) atoms. The molecule has 1 aliphatic heterocycles. The van der Waals surface area contributed by atoms with Crippen molar-refractivity contribution in [2.75, 3.05) is 19.6 Å². The molecular weight excluding hydrogens is 409 g/mol. The summed E-state index contributed by atoms with van der Waals surface area (Å²) in [5.41, 5.74) is 0.980. The van der Waals surface area contributed by atoms with Gasteiger partial charge in [0.25, 0.3) is 0 Å². The number of carbonyl (C=O) groups is 1. The van der Waals surface area contributed by atoms with E-state index in [0.717, 1.165) is 44.5 Å². The topological polar surface area (TPSA) is 64.6 Å². The molecule has 0 aliphatic carbocycles. The van der Waals surface area contributed by atoms with Crippen molar-refractivity contribution in [2.24, 2.45) is 11.3 Å². The maximum absolute atomic E-state index is 11.5. The fourth-order valence-corrected chi connectivity index (χ4v) is 4.36. The Balaban J connectivity index is 1.75. The molecule has 1 heterocycles. The van der Waals surface area contributed by atoms with E-state index >= 15 is 0 Å². The Hall–Kier alpha value is -0.850. The summed E-state index contributed by atoms with van der Waals surface area (Å²) in [6, 6.07) is 5.54. The predicted molar refractivity (Wildman–Crippen MR) is 120 cm³/mol. The molecular formula is C22H35Cl2N3O2. The van der Waals surface area contributed by atoms with Crippen LogP contribution < -0.4 is 10.6 Å². The van der Waals surface area contributed by atoms with Crippen LogP contribution in [0.1, 0.15) is 52.5 Å². The Kier molecular flexibility index (Phi) is 9.23. The van der Waals surface area contributed by atoms with Gasteiger partial charge in [-0.15, -0.1) is 0 Å². The van der Waals surface area contributed by atoms with E-state index in [4.69, 9.17) is 23.2 Å². The molecule has 2 unspecified atom stereocenters. The Morgan fingerprint density at radius 1 is 1.21 bits per heavy atom. The van der Waals surface area contributed by atoms with Crippen LogP contribution in [-0.2, 0) is 11.3 Å². The second-order valence-corrected chi connectivity index (χ2v) is 10.1. The van der Waals surface area contributed by atoms with E-state index in [9.17, 15) is 9.90 Å². The van der Waals surface area contributed by atoms with Gasteiger partial charge in [0.2, 0.25) is 5.91 Å². The Labute approximate surface area is 185 Å². The first kappa shape index (κ1) is 24.4. The minimum Gasteiger partial charge on any atom is -0.379 e. The Bertz CT molecular complexity index is 650. The number of aliphatic hydroxyl groups is 1. The van der Waals surface area contributed by atoms with Gasteiger partial charge in [-0.2, -0.15) is 0 Å². The lowest BCUT2D eigenvalue weighted by Gasteiger charge is -2.39. The number of likely N-dealkylation sites (tertiary alicyclic amines) is 1. The van der Waals surface area contributed by atoms with Gasteiger partial charge in [-0.3, -0.25) is 10.1 Å². The third-order valence-corrected chi connectivity index (χ3v) is 6.03. The number of amides is 1. The maximum atomic E-state index is 11.5. The number of rotatable bonds is 8. The molecule has 0 spiro atoms. The van der Waals surface area contributed by atoms with Gasteiger partial charge in [-0.1, -0.05) is 44.0 Å². The van der Waals surface area contributed by atoms with Crippen LogP contribution in [0.25, 0.3) is 0 Å². The summed E-state index contributed by atoms with van der Waals surface area (Å²) < 4.78 is 0. The van der Waals surface area contributed by atoms with Crippen molar-refractivity contribution >= 4 is 29.1 Å². The van der Waals surface area contributed by atoms with E-state index in [1.165, 1.54) is 0 Å². The Morgan fingerprint density at radius 3 is 2.31 bits per heavy atom. The van der Waals surface area contributed by atoms with Gasteiger partial charge in [-0.25, -0.2) is 0 Å². The fraction of sp³-hybridized carbons (Fsp3) is 0.682. The lowest BCUT2D eigenvalue weighted by atomic mass is 9.85. The molecule has 7 heteroatoms. The zero-order valence-electron chi connectivity index (χ0n) is 18.0. The van der Waals surface area contributed by atoms with E-state index in [1.54, 1.807) is 13.0 Å². The largest absolute Gasteiger partial charge is 0.379 e. The molecule has 1 aromatic rings. The van der Waals surface area contributed by atoms with Crippen molar-refractivity contribution in [1.82, 2.24) is 15.5 Å². The van der Waals surface area contributed by atoms with Crippen molar-refractivity contribution in [3.63, 3.8) is 0 Å². The van der Waals surface area contributed by atoms with Crippen molar-refractivity contribution in [3.05, 3.63) is 33.8 Å². The first-order valence-electron chi connectivity index (χ1n) is 10.4. The minimum atomic E-state index is -0.550. The summed E-state index contributed by atoms with van der Waals surface area (Å²) in [4.78, 5) is 14.0. The number of benzene rings is 1. The predicted octanol–water partition coefficient (Wildman–Crippen LogP) is 4.05.